The lowest BCUT2D eigenvalue weighted by Crippen LogP contribution is -2.22. The predicted octanol–water partition coefficient (Wildman–Crippen LogP) is 6.01. The molecule has 1 fully saturated rings. The van der Waals surface area contributed by atoms with E-state index in [0.29, 0.717) is 22.3 Å². The van der Waals surface area contributed by atoms with Crippen molar-refractivity contribution in [3.05, 3.63) is 40.9 Å². The molecule has 11 heteroatoms. The Labute approximate surface area is 212 Å². The van der Waals surface area contributed by atoms with Crippen molar-refractivity contribution in [2.24, 2.45) is 5.92 Å². The second-order valence-corrected chi connectivity index (χ2v) is 14.0. The number of thiazole rings is 1. The minimum absolute atomic E-state index is 0.0975. The Morgan fingerprint density at radius 1 is 1.17 bits per heavy atom. The number of sulfone groups is 1. The van der Waals surface area contributed by atoms with Crippen molar-refractivity contribution in [3.8, 4) is 0 Å². The van der Waals surface area contributed by atoms with Crippen molar-refractivity contribution < 1.29 is 26.8 Å². The zero-order valence-electron chi connectivity index (χ0n) is 20.6. The van der Waals surface area contributed by atoms with Crippen molar-refractivity contribution in [3.63, 3.8) is 0 Å². The summed E-state index contributed by atoms with van der Waals surface area (Å²) in [5, 5.41) is 3.33. The summed E-state index contributed by atoms with van der Waals surface area (Å²) in [6, 6.07) is 6.56. The number of carbonyl (C=O) groups excluding carboxylic acids is 1. The Hall–Kier alpha value is -1.58. The number of amides is 1. The average molecular weight is 543 g/mol. The van der Waals surface area contributed by atoms with Crippen LogP contribution in [0.15, 0.2) is 35.4 Å². The van der Waals surface area contributed by atoms with E-state index in [1.54, 1.807) is 44.3 Å². The monoisotopic (exact) mass is 542 g/mol. The van der Waals surface area contributed by atoms with Crippen LogP contribution in [0, 0.1) is 5.92 Å². The molecule has 1 aromatic carbocycles. The molecule has 1 atom stereocenters. The third kappa shape index (κ3) is 8.22. The summed E-state index contributed by atoms with van der Waals surface area (Å²) in [5.74, 6) is 0.0154. The van der Waals surface area contributed by atoms with Gasteiger partial charge in [-0.05, 0) is 50.3 Å². The molecule has 0 radical (unpaired) electrons. The maximum Gasteiger partial charge on any atom is 0.335 e. The number of hydrogen-bond donors (Lipinski definition) is 1. The van der Waals surface area contributed by atoms with E-state index < -0.39 is 23.4 Å². The minimum Gasteiger partial charge on any atom is -0.309 e. The van der Waals surface area contributed by atoms with Crippen LogP contribution in [0.3, 0.4) is 0 Å². The summed E-state index contributed by atoms with van der Waals surface area (Å²) >= 11 is 1.25. The fraction of sp³-hybridized carbons (Fsp3) is 0.583. The molecule has 1 aromatic heterocycles. The molecule has 1 amide bonds. The molecule has 0 unspecified atom stereocenters. The summed E-state index contributed by atoms with van der Waals surface area (Å²) in [4.78, 5) is 18.6. The van der Waals surface area contributed by atoms with Crippen LogP contribution in [0.1, 0.15) is 68.7 Å². The SMILES string of the molecule is CCOP(=O)(Cc1cnc(NC(=O)[C@H](CCC2CCCC2)c2ccc(S(C)(=O)=O)cc2)s1)OCC. The van der Waals surface area contributed by atoms with Crippen LogP contribution < -0.4 is 5.32 Å². The molecule has 35 heavy (non-hydrogen) atoms. The van der Waals surface area contributed by atoms with Crippen LogP contribution in [-0.2, 0) is 34.4 Å². The molecule has 3 rings (SSSR count). The number of anilines is 1. The Morgan fingerprint density at radius 2 is 1.80 bits per heavy atom. The topological polar surface area (TPSA) is 112 Å². The fourth-order valence-electron chi connectivity index (χ4n) is 4.44. The van der Waals surface area contributed by atoms with Crippen LogP contribution in [-0.4, -0.2) is 38.8 Å². The largest absolute Gasteiger partial charge is 0.335 e. The van der Waals surface area contributed by atoms with Gasteiger partial charge in [0.25, 0.3) is 0 Å². The van der Waals surface area contributed by atoms with Crippen molar-refractivity contribution in [2.75, 3.05) is 24.8 Å². The molecule has 1 saturated carbocycles. The number of rotatable bonds is 13. The van der Waals surface area contributed by atoms with Gasteiger partial charge >= 0.3 is 7.60 Å². The van der Waals surface area contributed by atoms with Crippen LogP contribution >= 0.6 is 18.9 Å². The van der Waals surface area contributed by atoms with Gasteiger partial charge < -0.3 is 14.4 Å². The summed E-state index contributed by atoms with van der Waals surface area (Å²) in [6.07, 6.45) is 9.33. The van der Waals surface area contributed by atoms with Crippen LogP contribution in [0.25, 0.3) is 0 Å². The highest BCUT2D eigenvalue weighted by atomic mass is 32.2. The van der Waals surface area contributed by atoms with Gasteiger partial charge in [0.05, 0.1) is 30.2 Å². The number of nitrogens with one attached hydrogen (secondary N) is 1. The van der Waals surface area contributed by atoms with Gasteiger partial charge in [0.2, 0.25) is 5.91 Å². The third-order valence-electron chi connectivity index (χ3n) is 6.15. The van der Waals surface area contributed by atoms with Gasteiger partial charge in [-0.2, -0.15) is 0 Å². The molecule has 0 bridgehead atoms. The number of carbonyl (C=O) groups is 1. The molecule has 8 nitrogen and oxygen atoms in total. The van der Waals surface area contributed by atoms with E-state index in [4.69, 9.17) is 9.05 Å². The highest BCUT2D eigenvalue weighted by Gasteiger charge is 2.27. The van der Waals surface area contributed by atoms with Gasteiger partial charge in [0.1, 0.15) is 0 Å². The van der Waals surface area contributed by atoms with E-state index in [-0.39, 0.29) is 30.2 Å². The van der Waals surface area contributed by atoms with E-state index >= 15 is 0 Å². The van der Waals surface area contributed by atoms with Crippen LogP contribution in [0.5, 0.6) is 0 Å². The zero-order chi connectivity index (χ0) is 25.5. The Bertz CT molecular complexity index is 1120. The molecule has 0 aliphatic heterocycles. The van der Waals surface area contributed by atoms with Crippen LogP contribution in [0.4, 0.5) is 5.13 Å². The van der Waals surface area contributed by atoms with E-state index in [1.165, 1.54) is 43.3 Å². The molecule has 1 N–H and O–H groups in total. The number of aromatic nitrogens is 1. The van der Waals surface area contributed by atoms with Gasteiger partial charge in [-0.3, -0.25) is 9.36 Å². The van der Waals surface area contributed by atoms with E-state index in [0.717, 1.165) is 12.0 Å². The predicted molar refractivity (Wildman–Crippen MR) is 139 cm³/mol. The maximum atomic E-state index is 13.3. The smallest absolute Gasteiger partial charge is 0.309 e. The zero-order valence-corrected chi connectivity index (χ0v) is 23.1. The van der Waals surface area contributed by atoms with Gasteiger partial charge in [-0.1, -0.05) is 37.8 Å². The Morgan fingerprint density at radius 3 is 2.37 bits per heavy atom. The second-order valence-electron chi connectivity index (χ2n) is 8.85. The quantitative estimate of drug-likeness (QED) is 0.309. The fourth-order valence-corrected chi connectivity index (χ4v) is 7.92. The first-order valence-electron chi connectivity index (χ1n) is 12.1. The average Bonchev–Trinajstić information content (AvgIpc) is 3.46. The van der Waals surface area contributed by atoms with E-state index in [9.17, 15) is 17.8 Å². The molecular formula is C24H35N2O6PS2. The second kappa shape index (κ2) is 12.6. The van der Waals surface area contributed by atoms with Crippen molar-refractivity contribution >= 4 is 39.8 Å². The molecule has 1 aliphatic carbocycles. The van der Waals surface area contributed by atoms with Crippen molar-refractivity contribution in [1.29, 1.82) is 0 Å². The van der Waals surface area contributed by atoms with Crippen molar-refractivity contribution in [1.82, 2.24) is 4.98 Å². The van der Waals surface area contributed by atoms with Crippen LogP contribution in [0.2, 0.25) is 0 Å². The summed E-state index contributed by atoms with van der Waals surface area (Å²) < 4.78 is 47.2. The van der Waals surface area contributed by atoms with E-state index in [1.807, 2.05) is 0 Å². The first-order valence-corrected chi connectivity index (χ1v) is 16.5. The van der Waals surface area contributed by atoms with Gasteiger partial charge in [-0.15, -0.1) is 11.3 Å². The number of hydrogen-bond acceptors (Lipinski definition) is 8. The summed E-state index contributed by atoms with van der Waals surface area (Å²) in [5.41, 5.74) is 0.780. The Kier molecular flexibility index (Phi) is 10.1. The first-order chi connectivity index (χ1) is 16.6. The molecule has 2 aromatic rings. The number of nitrogens with zero attached hydrogens (tertiary/aromatic N) is 1. The van der Waals surface area contributed by atoms with Gasteiger partial charge in [0, 0.05) is 17.3 Å². The van der Waals surface area contributed by atoms with E-state index in [2.05, 4.69) is 10.3 Å². The van der Waals surface area contributed by atoms with Crippen molar-refractivity contribution in [2.45, 2.75) is 69.3 Å². The standard InChI is InChI=1S/C24H35N2O6PS2/c1-4-31-33(28,32-5-2)17-20-16-25-24(34-20)26-23(27)22(15-10-18-8-6-7-9-18)19-11-13-21(14-12-19)35(3,29)30/h11-14,16,18,22H,4-10,15,17H2,1-3H3,(H,25,26,27)/t22-/m1/s1. The summed E-state index contributed by atoms with van der Waals surface area (Å²) in [6.45, 7) is 4.08. The lowest BCUT2D eigenvalue weighted by Gasteiger charge is -2.19. The normalized spacial score (nSPS) is 15.9. The first kappa shape index (κ1) is 28.0. The molecule has 0 spiro atoms. The molecule has 1 heterocycles. The Balaban J connectivity index is 1.74. The molecule has 1 aliphatic rings. The summed E-state index contributed by atoms with van der Waals surface area (Å²) in [7, 11) is -6.57. The lowest BCUT2D eigenvalue weighted by atomic mass is 9.89. The molecular weight excluding hydrogens is 507 g/mol. The molecule has 194 valence electrons. The van der Waals surface area contributed by atoms with Gasteiger partial charge in [0.15, 0.2) is 15.0 Å². The minimum atomic E-state index is -3.31. The molecule has 0 saturated heterocycles. The van der Waals surface area contributed by atoms with Gasteiger partial charge in [-0.25, -0.2) is 13.4 Å². The lowest BCUT2D eigenvalue weighted by molar-refractivity contribution is -0.117. The number of benzene rings is 1. The highest BCUT2D eigenvalue weighted by molar-refractivity contribution is 7.90. The highest BCUT2D eigenvalue weighted by Crippen LogP contribution is 2.52. The third-order valence-corrected chi connectivity index (χ3v) is 10.4. The maximum absolute atomic E-state index is 13.3.